The van der Waals surface area contributed by atoms with E-state index in [4.69, 9.17) is 9.47 Å². The van der Waals surface area contributed by atoms with Gasteiger partial charge >= 0.3 is 0 Å². The largest absolute Gasteiger partial charge is 0.496 e. The van der Waals surface area contributed by atoms with E-state index < -0.39 is 5.82 Å². The van der Waals surface area contributed by atoms with Gasteiger partial charge in [-0.25, -0.2) is 4.98 Å². The van der Waals surface area contributed by atoms with Gasteiger partial charge in [-0.05, 0) is 18.6 Å². The Morgan fingerprint density at radius 3 is 2.92 bits per heavy atom. The van der Waals surface area contributed by atoms with Gasteiger partial charge in [-0.2, -0.15) is 9.37 Å². The lowest BCUT2D eigenvalue weighted by Gasteiger charge is -2.18. The lowest BCUT2D eigenvalue weighted by Crippen LogP contribution is -2.31. The topological polar surface area (TPSA) is 64.6 Å². The number of methoxy groups -OCH3 is 1. The first-order chi connectivity index (χ1) is 12.1. The fourth-order valence-corrected chi connectivity index (χ4v) is 2.87. The Hall–Kier alpha value is -2.70. The monoisotopic (exact) mass is 345 g/mol. The van der Waals surface area contributed by atoms with Gasteiger partial charge < -0.3 is 14.4 Å². The van der Waals surface area contributed by atoms with E-state index in [1.54, 1.807) is 23.1 Å². The molecule has 0 radical (unpaired) electrons. The number of hydrogen-bond acceptors (Lipinski definition) is 5. The fourth-order valence-electron chi connectivity index (χ4n) is 2.87. The number of nitrogens with zero attached hydrogens (tertiary/aromatic N) is 3. The molecule has 1 aliphatic rings. The van der Waals surface area contributed by atoms with E-state index in [1.807, 2.05) is 13.0 Å². The van der Waals surface area contributed by atoms with Crippen LogP contribution in [0.25, 0.3) is 0 Å². The molecule has 0 bridgehead atoms. The number of likely N-dealkylation sites (tertiary alicyclic amines) is 1. The first-order valence-corrected chi connectivity index (χ1v) is 8.22. The number of para-hydroxylation sites is 1. The molecule has 1 aromatic carbocycles. The molecule has 1 aliphatic heterocycles. The van der Waals surface area contributed by atoms with Crippen LogP contribution in [0.4, 0.5) is 4.39 Å². The van der Waals surface area contributed by atoms with E-state index in [0.717, 1.165) is 0 Å². The Morgan fingerprint density at radius 2 is 2.16 bits per heavy atom. The summed E-state index contributed by atoms with van der Waals surface area (Å²) in [5, 5.41) is 0. The molecule has 7 heteroatoms. The average Bonchev–Trinajstić information content (AvgIpc) is 3.11. The van der Waals surface area contributed by atoms with E-state index in [0.29, 0.717) is 42.9 Å². The first-order valence-electron chi connectivity index (χ1n) is 8.22. The van der Waals surface area contributed by atoms with Crippen molar-refractivity contribution in [3.05, 3.63) is 47.7 Å². The molecule has 1 aromatic heterocycles. The number of amides is 1. The molecule has 6 nitrogen and oxygen atoms in total. The first kappa shape index (κ1) is 17.1. The summed E-state index contributed by atoms with van der Waals surface area (Å²) in [7, 11) is 1.53. The lowest BCUT2D eigenvalue weighted by atomic mass is 10.2. The second kappa shape index (κ2) is 7.46. The van der Waals surface area contributed by atoms with Crippen LogP contribution in [-0.4, -0.2) is 47.1 Å². The second-order valence-electron chi connectivity index (χ2n) is 5.77. The van der Waals surface area contributed by atoms with Gasteiger partial charge in [0, 0.05) is 13.0 Å². The van der Waals surface area contributed by atoms with Gasteiger partial charge in [0.15, 0.2) is 0 Å². The number of rotatable bonds is 5. The van der Waals surface area contributed by atoms with Crippen molar-refractivity contribution in [1.29, 1.82) is 0 Å². The second-order valence-corrected chi connectivity index (χ2v) is 5.77. The molecule has 2 heterocycles. The third-order valence-electron chi connectivity index (χ3n) is 4.21. The number of aromatic nitrogens is 2. The third kappa shape index (κ3) is 3.55. The van der Waals surface area contributed by atoms with Gasteiger partial charge in [0.2, 0.25) is 5.82 Å². The maximum atomic E-state index is 14.2. The molecule has 0 aliphatic carbocycles. The zero-order chi connectivity index (χ0) is 17.8. The minimum atomic E-state index is -0.528. The summed E-state index contributed by atoms with van der Waals surface area (Å²) in [6, 6.07) is 7.09. The van der Waals surface area contributed by atoms with Crippen LogP contribution < -0.4 is 9.47 Å². The van der Waals surface area contributed by atoms with Crippen molar-refractivity contribution in [2.45, 2.75) is 25.9 Å². The summed E-state index contributed by atoms with van der Waals surface area (Å²) in [6.07, 6.45) is 2.08. The summed E-state index contributed by atoms with van der Waals surface area (Å²) in [5.41, 5.74) is 0.831. The minimum absolute atomic E-state index is 0.0524. The maximum absolute atomic E-state index is 14.2. The predicted molar refractivity (Wildman–Crippen MR) is 89.3 cm³/mol. The number of aryl methyl sites for hydroxylation is 1. The number of carbonyl (C=O) groups is 1. The van der Waals surface area contributed by atoms with Gasteiger partial charge in [0.1, 0.15) is 18.2 Å². The van der Waals surface area contributed by atoms with E-state index in [1.165, 1.54) is 13.4 Å². The quantitative estimate of drug-likeness (QED) is 0.833. The van der Waals surface area contributed by atoms with E-state index >= 15 is 0 Å². The van der Waals surface area contributed by atoms with E-state index in [2.05, 4.69) is 9.97 Å². The molecule has 1 fully saturated rings. The van der Waals surface area contributed by atoms with Gasteiger partial charge in [-0.3, -0.25) is 4.79 Å². The highest BCUT2D eigenvalue weighted by molar-refractivity contribution is 5.97. The molecule has 25 heavy (non-hydrogen) atoms. The van der Waals surface area contributed by atoms with Crippen molar-refractivity contribution in [2.24, 2.45) is 0 Å². The zero-order valence-electron chi connectivity index (χ0n) is 14.2. The Balaban J connectivity index is 1.69. The molecule has 1 atom stereocenters. The van der Waals surface area contributed by atoms with Crippen LogP contribution in [0.1, 0.15) is 29.4 Å². The molecule has 0 spiro atoms. The van der Waals surface area contributed by atoms with Crippen LogP contribution in [0.3, 0.4) is 0 Å². The Kier molecular flexibility index (Phi) is 5.11. The summed E-state index contributed by atoms with van der Waals surface area (Å²) < 4.78 is 25.1. The number of ether oxygens (including phenoxy) is 2. The van der Waals surface area contributed by atoms with E-state index in [-0.39, 0.29) is 17.9 Å². The van der Waals surface area contributed by atoms with Crippen molar-refractivity contribution in [3.63, 3.8) is 0 Å². The van der Waals surface area contributed by atoms with Crippen molar-refractivity contribution in [1.82, 2.24) is 14.9 Å². The molecule has 1 saturated heterocycles. The molecule has 132 valence electrons. The van der Waals surface area contributed by atoms with Crippen LogP contribution >= 0.6 is 0 Å². The smallest absolute Gasteiger partial charge is 0.257 e. The van der Waals surface area contributed by atoms with Crippen LogP contribution in [-0.2, 0) is 6.42 Å². The van der Waals surface area contributed by atoms with Crippen molar-refractivity contribution >= 4 is 5.91 Å². The number of halogens is 1. The standard InChI is InChI=1S/C18H20FN3O3/c1-3-14-16(19)17(21-11-20-14)25-12-8-9-22(10-12)18(23)13-6-4-5-7-15(13)24-2/h4-7,11-12H,3,8-10H2,1-2H3/t12-/m1/s1. The molecule has 1 amide bonds. The maximum Gasteiger partial charge on any atom is 0.257 e. The third-order valence-corrected chi connectivity index (χ3v) is 4.21. The molecule has 0 unspecified atom stereocenters. The minimum Gasteiger partial charge on any atom is -0.496 e. The SMILES string of the molecule is CCc1ncnc(O[C@@H]2CCN(C(=O)c3ccccc3OC)C2)c1F. The van der Waals surface area contributed by atoms with Crippen LogP contribution in [0.15, 0.2) is 30.6 Å². The summed E-state index contributed by atoms with van der Waals surface area (Å²) in [5.74, 6) is -0.171. The molecular formula is C18H20FN3O3. The molecule has 3 rings (SSSR count). The summed E-state index contributed by atoms with van der Waals surface area (Å²) in [6.45, 7) is 2.73. The van der Waals surface area contributed by atoms with Gasteiger partial charge in [0.25, 0.3) is 11.8 Å². The summed E-state index contributed by atoms with van der Waals surface area (Å²) >= 11 is 0. The Labute approximate surface area is 145 Å². The molecule has 2 aromatic rings. The Morgan fingerprint density at radius 1 is 1.36 bits per heavy atom. The molecule has 0 N–H and O–H groups in total. The Bertz CT molecular complexity index is 769. The predicted octanol–water partition coefficient (Wildman–Crippen LogP) is 2.48. The average molecular weight is 345 g/mol. The van der Waals surface area contributed by atoms with Gasteiger partial charge in [-0.15, -0.1) is 0 Å². The zero-order valence-corrected chi connectivity index (χ0v) is 14.2. The summed E-state index contributed by atoms with van der Waals surface area (Å²) in [4.78, 5) is 22.1. The highest BCUT2D eigenvalue weighted by atomic mass is 19.1. The highest BCUT2D eigenvalue weighted by Gasteiger charge is 2.30. The van der Waals surface area contributed by atoms with Crippen LogP contribution in [0.5, 0.6) is 11.6 Å². The number of hydrogen-bond donors (Lipinski definition) is 0. The highest BCUT2D eigenvalue weighted by Crippen LogP contribution is 2.24. The van der Waals surface area contributed by atoms with Crippen LogP contribution in [0, 0.1) is 5.82 Å². The fraction of sp³-hybridized carbons (Fsp3) is 0.389. The number of carbonyl (C=O) groups excluding carboxylic acids is 1. The van der Waals surface area contributed by atoms with Crippen molar-refractivity contribution in [3.8, 4) is 11.6 Å². The van der Waals surface area contributed by atoms with Crippen LogP contribution in [0.2, 0.25) is 0 Å². The van der Waals surface area contributed by atoms with Crippen molar-refractivity contribution in [2.75, 3.05) is 20.2 Å². The van der Waals surface area contributed by atoms with Crippen molar-refractivity contribution < 1.29 is 18.7 Å². The van der Waals surface area contributed by atoms with E-state index in [9.17, 15) is 9.18 Å². The normalized spacial score (nSPS) is 16.8. The number of benzene rings is 1. The molecule has 0 saturated carbocycles. The van der Waals surface area contributed by atoms with Gasteiger partial charge in [0.05, 0.1) is 24.9 Å². The molecular weight excluding hydrogens is 325 g/mol. The van der Waals surface area contributed by atoms with Gasteiger partial charge in [-0.1, -0.05) is 19.1 Å². The lowest BCUT2D eigenvalue weighted by molar-refractivity contribution is 0.0766.